The summed E-state index contributed by atoms with van der Waals surface area (Å²) in [5, 5.41) is 11.7. The topological polar surface area (TPSA) is 37.6 Å². The summed E-state index contributed by atoms with van der Waals surface area (Å²) >= 11 is 0. The quantitative estimate of drug-likeness (QED) is 0.734. The first-order chi connectivity index (χ1) is 12.9. The maximum absolute atomic E-state index is 12.9. The zero-order chi connectivity index (χ0) is 19.0. The highest BCUT2D eigenvalue weighted by atomic mass is 19.4. The molecule has 0 bridgehead atoms. The third kappa shape index (κ3) is 3.37. The molecule has 1 fully saturated rings. The smallest absolute Gasteiger partial charge is 0.416 e. The molecule has 3 nitrogen and oxygen atoms in total. The summed E-state index contributed by atoms with van der Waals surface area (Å²) in [5.41, 5.74) is 1.33. The van der Waals surface area contributed by atoms with Crippen LogP contribution >= 0.6 is 0 Å². The highest BCUT2D eigenvalue weighted by molar-refractivity contribution is 5.85. The molecule has 2 N–H and O–H groups in total. The molecule has 0 spiro atoms. The summed E-state index contributed by atoms with van der Waals surface area (Å²) in [6.07, 6.45) is -0.594. The van der Waals surface area contributed by atoms with Gasteiger partial charge in [-0.3, -0.25) is 4.98 Å². The van der Waals surface area contributed by atoms with E-state index in [1.807, 2.05) is 18.2 Å². The molecular weight excluding hydrogens is 353 g/mol. The number of phenols is 1. The average Bonchev–Trinajstić information content (AvgIpc) is 3.18. The Labute approximate surface area is 155 Å². The molecule has 1 atom stereocenters. The Morgan fingerprint density at radius 1 is 0.963 bits per heavy atom. The number of alkyl halides is 3. The predicted molar refractivity (Wildman–Crippen MR) is 96.6 cm³/mol. The lowest BCUT2D eigenvalue weighted by Gasteiger charge is -2.26. The second-order valence-electron chi connectivity index (χ2n) is 7.00. The fourth-order valence-corrected chi connectivity index (χ4v) is 4.00. The van der Waals surface area contributed by atoms with Crippen molar-refractivity contribution in [3.63, 3.8) is 0 Å². The van der Waals surface area contributed by atoms with Crippen molar-refractivity contribution in [2.45, 2.75) is 25.1 Å². The average molecular weight is 373 g/mol. The number of aromatic hydroxyl groups is 1. The van der Waals surface area contributed by atoms with Crippen molar-refractivity contribution in [1.82, 2.24) is 4.98 Å². The number of phenolic OH excluding ortho intramolecular Hbond substituents is 1. The summed E-state index contributed by atoms with van der Waals surface area (Å²) in [5.74, 6) is 0.109. The molecular formula is C21H20F3N2O+. The van der Waals surface area contributed by atoms with Gasteiger partial charge in [0.15, 0.2) is 5.75 Å². The molecule has 27 heavy (non-hydrogen) atoms. The summed E-state index contributed by atoms with van der Waals surface area (Å²) in [6.45, 7) is 1.84. The molecule has 6 heteroatoms. The van der Waals surface area contributed by atoms with Crippen LogP contribution in [-0.2, 0) is 6.18 Å². The van der Waals surface area contributed by atoms with Gasteiger partial charge < -0.3 is 10.0 Å². The van der Waals surface area contributed by atoms with Gasteiger partial charge in [-0.1, -0.05) is 24.3 Å². The van der Waals surface area contributed by atoms with E-state index in [0.717, 1.165) is 49.0 Å². The van der Waals surface area contributed by atoms with Crippen LogP contribution in [0.1, 0.15) is 35.6 Å². The van der Waals surface area contributed by atoms with Crippen LogP contribution in [0.15, 0.2) is 54.7 Å². The molecule has 1 aliphatic heterocycles. The van der Waals surface area contributed by atoms with Crippen LogP contribution in [0.2, 0.25) is 0 Å². The zero-order valence-corrected chi connectivity index (χ0v) is 14.6. The maximum Gasteiger partial charge on any atom is 0.416 e. The number of pyridine rings is 1. The molecule has 1 saturated heterocycles. The van der Waals surface area contributed by atoms with Crippen LogP contribution in [0.5, 0.6) is 5.75 Å². The third-order valence-electron chi connectivity index (χ3n) is 5.32. The van der Waals surface area contributed by atoms with E-state index in [1.54, 1.807) is 12.3 Å². The lowest BCUT2D eigenvalue weighted by atomic mass is 9.94. The van der Waals surface area contributed by atoms with Crippen molar-refractivity contribution in [2.75, 3.05) is 13.1 Å². The highest BCUT2D eigenvalue weighted by Gasteiger charge is 2.34. The van der Waals surface area contributed by atoms with E-state index >= 15 is 0 Å². The Hall–Kier alpha value is -2.60. The molecule has 2 heterocycles. The van der Waals surface area contributed by atoms with E-state index in [-0.39, 0.29) is 11.8 Å². The van der Waals surface area contributed by atoms with Gasteiger partial charge in [-0.25, -0.2) is 0 Å². The zero-order valence-electron chi connectivity index (χ0n) is 14.6. The van der Waals surface area contributed by atoms with Gasteiger partial charge in [0.1, 0.15) is 11.6 Å². The molecule has 1 aliphatic rings. The summed E-state index contributed by atoms with van der Waals surface area (Å²) in [7, 11) is 0. The lowest BCUT2D eigenvalue weighted by molar-refractivity contribution is -0.913. The normalized spacial score (nSPS) is 16.7. The van der Waals surface area contributed by atoms with E-state index in [2.05, 4.69) is 4.98 Å². The van der Waals surface area contributed by atoms with Gasteiger partial charge in [0, 0.05) is 30.0 Å². The second-order valence-corrected chi connectivity index (χ2v) is 7.00. The standard InChI is InChI=1S/C21H19F3N2O/c22-21(23,24)16-8-5-15(6-9-16)19(26-12-1-2-13-26)17-10-7-14-4-3-11-25-18(14)20(17)27/h3-11,19,27H,1-2,12-13H2/p+1. The Kier molecular flexibility index (Phi) is 4.52. The number of hydrogen-bond donors (Lipinski definition) is 2. The number of aromatic nitrogens is 1. The monoisotopic (exact) mass is 373 g/mol. The first-order valence-electron chi connectivity index (χ1n) is 9.03. The van der Waals surface area contributed by atoms with Gasteiger partial charge in [-0.15, -0.1) is 0 Å². The van der Waals surface area contributed by atoms with Gasteiger partial charge in [-0.2, -0.15) is 13.2 Å². The van der Waals surface area contributed by atoms with E-state index < -0.39 is 11.7 Å². The number of likely N-dealkylation sites (tertiary alicyclic amines) is 1. The van der Waals surface area contributed by atoms with Gasteiger partial charge >= 0.3 is 6.18 Å². The van der Waals surface area contributed by atoms with Crippen molar-refractivity contribution < 1.29 is 23.2 Å². The highest BCUT2D eigenvalue weighted by Crippen LogP contribution is 2.35. The number of nitrogens with zero attached hydrogens (tertiary/aromatic N) is 1. The van der Waals surface area contributed by atoms with E-state index in [0.29, 0.717) is 11.1 Å². The predicted octanol–water partition coefficient (Wildman–Crippen LogP) is 3.73. The molecule has 1 unspecified atom stereocenters. The van der Waals surface area contributed by atoms with Gasteiger partial charge in [0.05, 0.1) is 24.2 Å². The minimum Gasteiger partial charge on any atom is -0.505 e. The van der Waals surface area contributed by atoms with Crippen LogP contribution in [0, 0.1) is 0 Å². The molecule has 140 valence electrons. The number of halogens is 3. The summed E-state index contributed by atoms with van der Waals surface area (Å²) in [4.78, 5) is 5.53. The number of quaternary nitrogens is 1. The van der Waals surface area contributed by atoms with Crippen molar-refractivity contribution in [1.29, 1.82) is 0 Å². The fourth-order valence-electron chi connectivity index (χ4n) is 4.00. The Morgan fingerprint density at radius 2 is 1.67 bits per heavy atom. The Bertz CT molecular complexity index is 948. The summed E-state index contributed by atoms with van der Waals surface area (Å²) in [6, 6.07) is 12.5. The van der Waals surface area contributed by atoms with Crippen LogP contribution in [0.3, 0.4) is 0 Å². The molecule has 3 aromatic rings. The van der Waals surface area contributed by atoms with Gasteiger partial charge in [0.25, 0.3) is 0 Å². The van der Waals surface area contributed by atoms with Crippen molar-refractivity contribution >= 4 is 10.9 Å². The van der Waals surface area contributed by atoms with E-state index in [4.69, 9.17) is 0 Å². The van der Waals surface area contributed by atoms with Crippen molar-refractivity contribution in [2.24, 2.45) is 0 Å². The summed E-state index contributed by atoms with van der Waals surface area (Å²) < 4.78 is 38.8. The second kappa shape index (κ2) is 6.85. The van der Waals surface area contributed by atoms with Crippen molar-refractivity contribution in [3.05, 3.63) is 71.4 Å². The third-order valence-corrected chi connectivity index (χ3v) is 5.32. The Balaban J connectivity index is 1.82. The first-order valence-corrected chi connectivity index (χ1v) is 9.03. The first kappa shape index (κ1) is 17.8. The molecule has 0 radical (unpaired) electrons. The number of hydrogen-bond acceptors (Lipinski definition) is 2. The minimum atomic E-state index is -4.36. The number of rotatable bonds is 3. The van der Waals surface area contributed by atoms with Crippen LogP contribution < -0.4 is 4.90 Å². The van der Waals surface area contributed by atoms with Crippen molar-refractivity contribution in [3.8, 4) is 5.75 Å². The molecule has 0 aliphatic carbocycles. The minimum absolute atomic E-state index is 0.109. The fraction of sp³-hybridized carbons (Fsp3) is 0.286. The van der Waals surface area contributed by atoms with E-state index in [9.17, 15) is 18.3 Å². The number of benzene rings is 2. The number of fused-ring (bicyclic) bond motifs is 1. The van der Waals surface area contributed by atoms with Gasteiger partial charge in [-0.05, 0) is 24.3 Å². The lowest BCUT2D eigenvalue weighted by Crippen LogP contribution is -3.10. The van der Waals surface area contributed by atoms with Crippen LogP contribution in [0.4, 0.5) is 13.2 Å². The Morgan fingerprint density at radius 3 is 2.33 bits per heavy atom. The molecule has 2 aromatic carbocycles. The molecule has 0 saturated carbocycles. The maximum atomic E-state index is 12.9. The van der Waals surface area contributed by atoms with E-state index in [1.165, 1.54) is 17.0 Å². The molecule has 1 aromatic heterocycles. The number of nitrogens with one attached hydrogen (secondary N) is 1. The molecule has 4 rings (SSSR count). The van der Waals surface area contributed by atoms with Gasteiger partial charge in [0.2, 0.25) is 0 Å². The SMILES string of the molecule is Oc1c(C(c2ccc(C(F)(F)F)cc2)[NH+]2CCCC2)ccc2cccnc12. The largest absolute Gasteiger partial charge is 0.505 e. The van der Waals surface area contributed by atoms with Crippen LogP contribution in [0.25, 0.3) is 10.9 Å². The van der Waals surface area contributed by atoms with Crippen LogP contribution in [-0.4, -0.2) is 23.2 Å². The molecule has 0 amide bonds.